The Hall–Kier alpha value is -8.84. The molecule has 0 aliphatic heterocycles. The molecule has 0 saturated heterocycles. The molecule has 1 nitrogen and oxygen atoms in total. The predicted octanol–water partition coefficient (Wildman–Crippen LogP) is 20.5. The summed E-state index contributed by atoms with van der Waals surface area (Å²) in [5.74, 6) is 0. The van der Waals surface area contributed by atoms with Crippen molar-refractivity contribution in [3.63, 3.8) is 0 Å². The van der Waals surface area contributed by atoms with Gasteiger partial charge in [0.1, 0.15) is 0 Å². The zero-order valence-electron chi connectivity index (χ0n) is 39.8. The van der Waals surface area contributed by atoms with Gasteiger partial charge in [-0.2, -0.15) is 52.7 Å². The van der Waals surface area contributed by atoms with Crippen molar-refractivity contribution < 1.29 is 52.7 Å². The van der Waals surface area contributed by atoms with Gasteiger partial charge in [-0.15, -0.1) is 0 Å². The lowest BCUT2D eigenvalue weighted by Crippen LogP contribution is -2.08. The second-order valence-electron chi connectivity index (χ2n) is 18.5. The Morgan fingerprint density at radius 1 is 0.221 bits per heavy atom. The van der Waals surface area contributed by atoms with Gasteiger partial charge in [-0.3, -0.25) is 0 Å². The quantitative estimate of drug-likeness (QED) is 0.134. The summed E-state index contributed by atoms with van der Waals surface area (Å²) in [5, 5.41) is 1.11. The maximum absolute atomic E-state index is 14.7. The molecule has 0 spiro atoms. The number of hydrogen-bond acceptors (Lipinski definition) is 0. The highest BCUT2D eigenvalue weighted by Gasteiger charge is 2.37. The summed E-state index contributed by atoms with van der Waals surface area (Å²) in [6.07, 6.45) is -19.3. The molecule has 0 aliphatic rings. The van der Waals surface area contributed by atoms with Crippen molar-refractivity contribution in [1.29, 1.82) is 0 Å². The number of para-hydroxylation sites is 1. The number of nitrogens with zero attached hydrogens (tertiary/aromatic N) is 1. The monoisotopic (exact) mass is 1050 g/mol. The Kier molecular flexibility index (Phi) is 12.5. The molecule has 0 atom stereocenters. The van der Waals surface area contributed by atoms with Crippen molar-refractivity contribution in [3.8, 4) is 83.6 Å². The largest absolute Gasteiger partial charge is 0.417 e. The van der Waals surface area contributed by atoms with Crippen molar-refractivity contribution in [2.45, 2.75) is 24.7 Å². The Labute approximate surface area is 432 Å². The van der Waals surface area contributed by atoms with Gasteiger partial charge in [-0.25, -0.2) is 0 Å². The molecule has 10 aromatic carbocycles. The van der Waals surface area contributed by atoms with Gasteiger partial charge in [0.05, 0.1) is 39.0 Å². The minimum atomic E-state index is -4.82. The van der Waals surface area contributed by atoms with Crippen molar-refractivity contribution in [2.75, 3.05) is 0 Å². The number of benzene rings is 10. The summed E-state index contributed by atoms with van der Waals surface area (Å²) in [7, 11) is 0. The molecule has 1 aromatic heterocycles. The molecule has 0 N–H and O–H groups in total. The highest BCUT2D eigenvalue weighted by Crippen LogP contribution is 2.47. The number of hydrogen-bond donors (Lipinski definition) is 0. The lowest BCUT2D eigenvalue weighted by molar-refractivity contribution is -0.137. The summed E-state index contributed by atoms with van der Waals surface area (Å²) >= 11 is 0. The van der Waals surface area contributed by atoms with E-state index < -0.39 is 47.0 Å². The predicted molar refractivity (Wildman–Crippen MR) is 279 cm³/mol. The van der Waals surface area contributed by atoms with Crippen molar-refractivity contribution in [2.24, 2.45) is 0 Å². The van der Waals surface area contributed by atoms with Crippen molar-refractivity contribution in [1.82, 2.24) is 4.57 Å². The van der Waals surface area contributed by atoms with Crippen LogP contribution >= 0.6 is 0 Å². The molecule has 1 heterocycles. The molecular weight excluding hydrogens is 1010 g/mol. The first kappa shape index (κ1) is 50.3. The SMILES string of the molecule is FC(F)(F)c1ccccc1-c1cc(-c2ccc3c(c2)c2cc(-c4cc(-c5ccccc5C(F)(F)F)cc(-c5ccccc5C(F)(F)F)c4)ccc2n3-c2ccccc2-c2ccccc2)cc(-c2ccccc2C(F)(F)F)c1. The first-order valence-electron chi connectivity index (χ1n) is 23.9. The van der Waals surface area contributed by atoms with Crippen LogP contribution in [0.25, 0.3) is 105 Å². The zero-order chi connectivity index (χ0) is 54.0. The van der Waals surface area contributed by atoms with Gasteiger partial charge in [-0.05, 0) is 163 Å². The molecule has 77 heavy (non-hydrogen) atoms. The van der Waals surface area contributed by atoms with Gasteiger partial charge in [-0.1, -0.05) is 133 Å². The number of aromatic nitrogens is 1. The molecular formula is C64H37F12N. The Balaban J connectivity index is 1.20. The van der Waals surface area contributed by atoms with Gasteiger partial charge in [0.15, 0.2) is 0 Å². The second kappa shape index (κ2) is 19.1. The zero-order valence-corrected chi connectivity index (χ0v) is 39.8. The Morgan fingerprint density at radius 2 is 0.506 bits per heavy atom. The third-order valence-electron chi connectivity index (χ3n) is 13.7. The number of alkyl halides is 12. The molecule has 0 fully saturated rings. The van der Waals surface area contributed by atoms with Crippen LogP contribution in [-0.4, -0.2) is 4.57 Å². The normalized spacial score (nSPS) is 12.4. The summed E-state index contributed by atoms with van der Waals surface area (Å²) in [4.78, 5) is 0. The maximum atomic E-state index is 14.7. The van der Waals surface area contributed by atoms with E-state index in [1.807, 2.05) is 59.2 Å². The third-order valence-corrected chi connectivity index (χ3v) is 13.7. The van der Waals surface area contributed by atoms with E-state index in [4.69, 9.17) is 0 Å². The van der Waals surface area contributed by atoms with Crippen molar-refractivity contribution in [3.05, 3.63) is 247 Å². The van der Waals surface area contributed by atoms with E-state index in [-0.39, 0.29) is 55.6 Å². The van der Waals surface area contributed by atoms with Crippen LogP contribution in [0, 0.1) is 0 Å². The van der Waals surface area contributed by atoms with Gasteiger partial charge < -0.3 is 4.57 Å². The molecule has 11 aromatic rings. The van der Waals surface area contributed by atoms with Crippen LogP contribution in [0.5, 0.6) is 0 Å². The van der Waals surface area contributed by atoms with E-state index in [0.717, 1.165) is 41.1 Å². The Morgan fingerprint density at radius 3 is 0.844 bits per heavy atom. The first-order valence-corrected chi connectivity index (χ1v) is 23.9. The summed E-state index contributed by atoms with van der Waals surface area (Å²) in [5.41, 5.74) is 0.0289. The third kappa shape index (κ3) is 9.62. The molecule has 0 unspecified atom stereocenters. The van der Waals surface area contributed by atoms with E-state index in [2.05, 4.69) is 0 Å². The van der Waals surface area contributed by atoms with E-state index in [0.29, 0.717) is 32.9 Å². The van der Waals surface area contributed by atoms with E-state index in [1.54, 1.807) is 36.4 Å². The molecule has 0 amide bonds. The highest BCUT2D eigenvalue weighted by atomic mass is 19.4. The fourth-order valence-electron chi connectivity index (χ4n) is 10.3. The summed E-state index contributed by atoms with van der Waals surface area (Å²) in [6.45, 7) is 0. The number of rotatable bonds is 8. The van der Waals surface area contributed by atoms with Crippen LogP contribution in [0.15, 0.2) is 224 Å². The van der Waals surface area contributed by atoms with E-state index in [9.17, 15) is 52.7 Å². The van der Waals surface area contributed by atoms with Crippen LogP contribution in [0.3, 0.4) is 0 Å². The van der Waals surface area contributed by atoms with Gasteiger partial charge >= 0.3 is 24.7 Å². The summed E-state index contributed by atoms with van der Waals surface area (Å²) < 4.78 is 178. The van der Waals surface area contributed by atoms with E-state index in [1.165, 1.54) is 109 Å². The lowest BCUT2D eigenvalue weighted by Gasteiger charge is -2.18. The van der Waals surface area contributed by atoms with Crippen molar-refractivity contribution >= 4 is 21.8 Å². The standard InChI is InChI=1S/C64H37F12N/c65-61(66,67)54-21-9-4-16-47(54)43-30-41(31-44(34-43)48-17-5-10-22-55(48)62(68,69)70)39-26-28-59-52(36-39)53-37-40(27-29-60(53)77(59)58-25-13-8-20-51(58)38-14-2-1-3-15-38)42-32-45(49-18-6-11-23-56(49)63(71,72)73)35-46(33-42)50-19-7-12-24-57(50)64(74,75)76/h1-37H. The average Bonchev–Trinajstić information content (AvgIpc) is 3.95. The minimum Gasteiger partial charge on any atom is -0.309 e. The Bertz CT molecular complexity index is 3670. The average molecular weight is 1050 g/mol. The van der Waals surface area contributed by atoms with Gasteiger partial charge in [0, 0.05) is 16.3 Å². The fraction of sp³-hybridized carbons (Fsp3) is 0.0625. The maximum Gasteiger partial charge on any atom is 0.417 e. The molecule has 382 valence electrons. The molecule has 0 bridgehead atoms. The van der Waals surface area contributed by atoms with Crippen LogP contribution in [0.2, 0.25) is 0 Å². The van der Waals surface area contributed by atoms with Crippen LogP contribution in [0.4, 0.5) is 52.7 Å². The highest BCUT2D eigenvalue weighted by molar-refractivity contribution is 6.12. The lowest BCUT2D eigenvalue weighted by atomic mass is 9.89. The molecule has 11 rings (SSSR count). The van der Waals surface area contributed by atoms with Gasteiger partial charge in [0.2, 0.25) is 0 Å². The number of fused-ring (bicyclic) bond motifs is 3. The first-order chi connectivity index (χ1) is 36.7. The molecule has 0 radical (unpaired) electrons. The second-order valence-corrected chi connectivity index (χ2v) is 18.5. The fourth-order valence-corrected chi connectivity index (χ4v) is 10.3. The topological polar surface area (TPSA) is 4.93 Å². The number of halogens is 12. The molecule has 0 saturated carbocycles. The molecule has 13 heteroatoms. The van der Waals surface area contributed by atoms with Crippen LogP contribution in [-0.2, 0) is 24.7 Å². The van der Waals surface area contributed by atoms with Crippen LogP contribution in [0.1, 0.15) is 22.3 Å². The van der Waals surface area contributed by atoms with Gasteiger partial charge in [0.25, 0.3) is 0 Å². The minimum absolute atomic E-state index is 0.00104. The van der Waals surface area contributed by atoms with E-state index >= 15 is 0 Å². The summed E-state index contributed by atoms with van der Waals surface area (Å²) in [6, 6.07) is 55.5. The van der Waals surface area contributed by atoms with Crippen LogP contribution < -0.4 is 0 Å². The smallest absolute Gasteiger partial charge is 0.309 e. The molecule has 0 aliphatic carbocycles.